The molecule has 0 saturated carbocycles. The average Bonchev–Trinajstić information content (AvgIpc) is 2.92. The summed E-state index contributed by atoms with van der Waals surface area (Å²) < 4.78 is 0.599. The van der Waals surface area contributed by atoms with E-state index in [-0.39, 0.29) is 11.6 Å². The van der Waals surface area contributed by atoms with E-state index in [1.54, 1.807) is 0 Å². The van der Waals surface area contributed by atoms with Crippen LogP contribution in [0.4, 0.5) is 10.8 Å². The first-order chi connectivity index (χ1) is 10.9. The molecule has 0 aliphatic carbocycles. The highest BCUT2D eigenvalue weighted by Crippen LogP contribution is 2.31. The molecule has 2 aromatic rings. The van der Waals surface area contributed by atoms with Gasteiger partial charge in [0.15, 0.2) is 15.9 Å². The van der Waals surface area contributed by atoms with E-state index in [9.17, 15) is 9.59 Å². The molecule has 0 aliphatic heterocycles. The second-order valence-electron chi connectivity index (χ2n) is 5.49. The summed E-state index contributed by atoms with van der Waals surface area (Å²) >= 11 is 2.48. The summed E-state index contributed by atoms with van der Waals surface area (Å²) in [5, 5.41) is 11.2. The van der Waals surface area contributed by atoms with Crippen LogP contribution in [0.15, 0.2) is 28.6 Å². The van der Waals surface area contributed by atoms with Gasteiger partial charge in [-0.25, -0.2) is 0 Å². The maximum atomic E-state index is 11.5. The van der Waals surface area contributed by atoms with Crippen molar-refractivity contribution in [3.8, 4) is 0 Å². The summed E-state index contributed by atoms with van der Waals surface area (Å²) in [4.78, 5) is 22.9. The zero-order valence-electron chi connectivity index (χ0n) is 13.5. The van der Waals surface area contributed by atoms with E-state index in [0.717, 1.165) is 17.4 Å². The van der Waals surface area contributed by atoms with Crippen LogP contribution >= 0.6 is 23.1 Å². The number of hydrogen-bond donors (Lipinski definition) is 1. The molecule has 0 aliphatic rings. The van der Waals surface area contributed by atoms with Gasteiger partial charge in [-0.3, -0.25) is 9.59 Å². The van der Waals surface area contributed by atoms with Gasteiger partial charge in [0.05, 0.1) is 0 Å². The van der Waals surface area contributed by atoms with Crippen LogP contribution in [-0.2, 0) is 9.59 Å². The molecule has 0 spiro atoms. The molecule has 0 unspecified atom stereocenters. The van der Waals surface area contributed by atoms with Crippen LogP contribution in [0.2, 0.25) is 0 Å². The van der Waals surface area contributed by atoms with Crippen LogP contribution in [0.3, 0.4) is 0 Å². The minimum atomic E-state index is -0.707. The topological polar surface area (TPSA) is 72.0 Å². The van der Waals surface area contributed by atoms with Crippen molar-refractivity contribution in [1.82, 2.24) is 10.2 Å². The Balaban J connectivity index is 2.04. The van der Waals surface area contributed by atoms with Gasteiger partial charge in [0, 0.05) is 5.69 Å². The number of thioether (sulfide) groups is 1. The van der Waals surface area contributed by atoms with Crippen molar-refractivity contribution in [2.75, 3.05) is 5.32 Å². The lowest BCUT2D eigenvalue weighted by molar-refractivity contribution is -0.123. The van der Waals surface area contributed by atoms with Gasteiger partial charge in [-0.15, -0.1) is 10.2 Å². The standard InChI is InChI=1S/C16H19N3O2S2/c1-9(2)12-5-7-13(8-6-12)17-15-18-19-16(23-15)22-14(10(3)20)11(4)21/h5-9,14H,1-4H3,(H,17,18). The Morgan fingerprint density at radius 1 is 1.09 bits per heavy atom. The quantitative estimate of drug-likeness (QED) is 0.601. The molecule has 23 heavy (non-hydrogen) atoms. The molecule has 0 bridgehead atoms. The third kappa shape index (κ3) is 4.87. The molecule has 0 amide bonds. The molecule has 7 heteroatoms. The first-order valence-corrected chi connectivity index (χ1v) is 8.94. The zero-order chi connectivity index (χ0) is 17.0. The first-order valence-electron chi connectivity index (χ1n) is 7.25. The Morgan fingerprint density at radius 2 is 1.70 bits per heavy atom. The van der Waals surface area contributed by atoms with Gasteiger partial charge in [-0.2, -0.15) is 0 Å². The number of carbonyl (C=O) groups is 2. The molecule has 0 radical (unpaired) electrons. The Hall–Kier alpha value is -1.73. The van der Waals surface area contributed by atoms with Crippen molar-refractivity contribution < 1.29 is 9.59 Å². The molecular weight excluding hydrogens is 330 g/mol. The molecular formula is C16H19N3O2S2. The monoisotopic (exact) mass is 349 g/mol. The second-order valence-corrected chi connectivity index (χ2v) is 7.82. The van der Waals surface area contributed by atoms with Crippen molar-refractivity contribution in [2.24, 2.45) is 0 Å². The Bertz CT molecular complexity index is 682. The maximum absolute atomic E-state index is 11.5. The van der Waals surface area contributed by atoms with Gasteiger partial charge < -0.3 is 5.32 Å². The zero-order valence-corrected chi connectivity index (χ0v) is 15.1. The van der Waals surface area contributed by atoms with Crippen molar-refractivity contribution in [1.29, 1.82) is 0 Å². The van der Waals surface area contributed by atoms with Crippen molar-refractivity contribution in [2.45, 2.75) is 43.2 Å². The van der Waals surface area contributed by atoms with E-state index >= 15 is 0 Å². The van der Waals surface area contributed by atoms with Crippen molar-refractivity contribution in [3.05, 3.63) is 29.8 Å². The fourth-order valence-electron chi connectivity index (χ4n) is 1.94. The highest BCUT2D eigenvalue weighted by atomic mass is 32.2. The van der Waals surface area contributed by atoms with Crippen molar-refractivity contribution in [3.63, 3.8) is 0 Å². The van der Waals surface area contributed by atoms with Gasteiger partial charge in [0.2, 0.25) is 5.13 Å². The van der Waals surface area contributed by atoms with E-state index in [2.05, 4.69) is 41.5 Å². The highest BCUT2D eigenvalue weighted by Gasteiger charge is 2.22. The number of nitrogens with one attached hydrogen (secondary N) is 1. The number of ketones is 2. The van der Waals surface area contributed by atoms with E-state index in [0.29, 0.717) is 15.4 Å². The molecule has 0 atom stereocenters. The Labute approximate surface area is 143 Å². The van der Waals surface area contributed by atoms with Crippen LogP contribution in [0.5, 0.6) is 0 Å². The largest absolute Gasteiger partial charge is 0.330 e. The minimum absolute atomic E-state index is 0.170. The summed E-state index contributed by atoms with van der Waals surface area (Å²) in [6.45, 7) is 7.12. The lowest BCUT2D eigenvalue weighted by Crippen LogP contribution is -2.21. The lowest BCUT2D eigenvalue weighted by Gasteiger charge is -2.07. The number of anilines is 2. The summed E-state index contributed by atoms with van der Waals surface area (Å²) in [7, 11) is 0. The fraction of sp³-hybridized carbons (Fsp3) is 0.375. The van der Waals surface area contributed by atoms with E-state index in [1.165, 1.54) is 30.7 Å². The molecule has 1 N–H and O–H groups in total. The minimum Gasteiger partial charge on any atom is -0.330 e. The number of rotatable bonds is 7. The van der Waals surface area contributed by atoms with E-state index in [4.69, 9.17) is 0 Å². The van der Waals surface area contributed by atoms with Gasteiger partial charge in [-0.05, 0) is 37.5 Å². The van der Waals surface area contributed by atoms with Crippen LogP contribution in [0.1, 0.15) is 39.2 Å². The number of Topliss-reactive ketones (excluding diaryl/α,β-unsaturated/α-hetero) is 2. The third-order valence-corrected chi connectivity index (χ3v) is 5.55. The lowest BCUT2D eigenvalue weighted by atomic mass is 10.0. The van der Waals surface area contributed by atoms with Gasteiger partial charge in [0.1, 0.15) is 5.25 Å². The first kappa shape index (κ1) is 17.6. The molecule has 0 saturated heterocycles. The van der Waals surface area contributed by atoms with E-state index in [1.807, 2.05) is 12.1 Å². The van der Waals surface area contributed by atoms with Crippen LogP contribution in [-0.4, -0.2) is 27.0 Å². The molecule has 1 aromatic carbocycles. The smallest absolute Gasteiger partial charge is 0.210 e. The summed E-state index contributed by atoms with van der Waals surface area (Å²) in [5.74, 6) is 0.150. The average molecular weight is 349 g/mol. The Kier molecular flexibility index (Phi) is 5.90. The summed E-state index contributed by atoms with van der Waals surface area (Å²) in [6.07, 6.45) is 0. The summed E-state index contributed by atoms with van der Waals surface area (Å²) in [6, 6.07) is 8.14. The van der Waals surface area contributed by atoms with Crippen LogP contribution in [0, 0.1) is 0 Å². The van der Waals surface area contributed by atoms with Crippen LogP contribution < -0.4 is 5.32 Å². The Morgan fingerprint density at radius 3 is 2.22 bits per heavy atom. The predicted octanol–water partition coefficient (Wildman–Crippen LogP) is 4.04. The molecule has 5 nitrogen and oxygen atoms in total. The van der Waals surface area contributed by atoms with Crippen molar-refractivity contribution >= 4 is 45.5 Å². The fourth-order valence-corrected chi connectivity index (χ4v) is 3.77. The second kappa shape index (κ2) is 7.70. The highest BCUT2D eigenvalue weighted by molar-refractivity contribution is 8.03. The summed E-state index contributed by atoms with van der Waals surface area (Å²) in [5.41, 5.74) is 2.20. The number of hydrogen-bond acceptors (Lipinski definition) is 7. The normalized spacial score (nSPS) is 11.0. The van der Waals surface area contributed by atoms with E-state index < -0.39 is 5.25 Å². The maximum Gasteiger partial charge on any atom is 0.210 e. The van der Waals surface area contributed by atoms with Gasteiger partial charge in [0.25, 0.3) is 0 Å². The molecule has 1 aromatic heterocycles. The molecule has 122 valence electrons. The number of aromatic nitrogens is 2. The van der Waals surface area contributed by atoms with Gasteiger partial charge in [-0.1, -0.05) is 49.1 Å². The van der Waals surface area contributed by atoms with Gasteiger partial charge >= 0.3 is 0 Å². The van der Waals surface area contributed by atoms with Crippen LogP contribution in [0.25, 0.3) is 0 Å². The molecule has 1 heterocycles. The molecule has 0 fully saturated rings. The number of carbonyl (C=O) groups excluding carboxylic acids is 2. The number of nitrogens with zero attached hydrogens (tertiary/aromatic N) is 2. The predicted molar refractivity (Wildman–Crippen MR) is 94.7 cm³/mol. The number of benzene rings is 1. The third-order valence-electron chi connectivity index (χ3n) is 3.19. The SMILES string of the molecule is CC(=O)C(Sc1nnc(Nc2ccc(C(C)C)cc2)s1)C(C)=O. The molecule has 2 rings (SSSR count).